The highest BCUT2D eigenvalue weighted by Crippen LogP contribution is 2.65. The molecule has 0 aromatic carbocycles. The molecule has 0 atom stereocenters. The number of nitrogens with zero attached hydrogens (tertiary/aromatic N) is 6. The smallest absolute Gasteiger partial charge is 0.275 e. The zero-order chi connectivity index (χ0) is 24.0. The topological polar surface area (TPSA) is 141 Å². The van der Waals surface area contributed by atoms with Gasteiger partial charge < -0.3 is 15.2 Å². The normalized spacial score (nSPS) is 21.9. The lowest BCUT2D eigenvalue weighted by atomic mass is 9.44. The van der Waals surface area contributed by atoms with Crippen molar-refractivity contribution in [2.75, 3.05) is 5.32 Å². The maximum absolute atomic E-state index is 12.7. The monoisotopic (exact) mass is 468 g/mol. The van der Waals surface area contributed by atoms with Crippen molar-refractivity contribution < 1.29 is 14.1 Å². The Morgan fingerprint density at radius 1 is 1.09 bits per heavy atom. The van der Waals surface area contributed by atoms with Crippen LogP contribution in [0.2, 0.25) is 0 Å². The van der Waals surface area contributed by atoms with Gasteiger partial charge >= 0.3 is 0 Å². The number of carbonyl (C=O) groups is 2. The molecule has 35 heavy (non-hydrogen) atoms. The van der Waals surface area contributed by atoms with Gasteiger partial charge in [-0.1, -0.05) is 23.0 Å². The summed E-state index contributed by atoms with van der Waals surface area (Å²) in [5, 5.41) is 18.0. The predicted octanol–water partition coefficient (Wildman–Crippen LogP) is 2.58. The first-order valence-corrected chi connectivity index (χ1v) is 11.0. The molecule has 3 aliphatic carbocycles. The molecule has 3 saturated carbocycles. The van der Waals surface area contributed by atoms with Gasteiger partial charge in [0, 0.05) is 17.3 Å². The molecule has 11 nitrogen and oxygen atoms in total. The van der Waals surface area contributed by atoms with Crippen LogP contribution in [-0.2, 0) is 10.3 Å². The average Bonchev–Trinajstić information content (AvgIpc) is 3.54. The molecule has 0 aliphatic heterocycles. The lowest BCUT2D eigenvalue weighted by Crippen LogP contribution is -2.78. The molecule has 3 fully saturated rings. The zero-order valence-corrected chi connectivity index (χ0v) is 18.5. The van der Waals surface area contributed by atoms with Gasteiger partial charge in [0.1, 0.15) is 23.5 Å². The summed E-state index contributed by atoms with van der Waals surface area (Å²) < 4.78 is 6.72. The van der Waals surface area contributed by atoms with Gasteiger partial charge in [-0.2, -0.15) is 0 Å². The fourth-order valence-corrected chi connectivity index (χ4v) is 4.90. The second kappa shape index (κ2) is 7.69. The van der Waals surface area contributed by atoms with Crippen LogP contribution in [0.25, 0.3) is 22.5 Å². The van der Waals surface area contributed by atoms with Crippen molar-refractivity contribution in [1.82, 2.24) is 35.4 Å². The van der Waals surface area contributed by atoms with E-state index in [9.17, 15) is 9.59 Å². The summed E-state index contributed by atoms with van der Waals surface area (Å²) in [5.74, 6) is -0.132. The van der Waals surface area contributed by atoms with Gasteiger partial charge in [-0.15, -0.1) is 5.10 Å². The number of anilines is 1. The maximum Gasteiger partial charge on any atom is 0.275 e. The largest absolute Gasteiger partial charge is 0.364 e. The molecule has 0 radical (unpaired) electrons. The van der Waals surface area contributed by atoms with Crippen molar-refractivity contribution >= 4 is 17.6 Å². The first-order chi connectivity index (χ1) is 17.0. The van der Waals surface area contributed by atoms with E-state index in [0.29, 0.717) is 22.8 Å². The zero-order valence-electron chi connectivity index (χ0n) is 18.5. The van der Waals surface area contributed by atoms with Crippen molar-refractivity contribution in [1.29, 1.82) is 0 Å². The highest BCUT2D eigenvalue weighted by molar-refractivity contribution is 6.02. The van der Waals surface area contributed by atoms with E-state index in [1.807, 2.05) is 16.9 Å². The number of nitrogens with one attached hydrogen (secondary N) is 2. The van der Waals surface area contributed by atoms with E-state index in [1.54, 1.807) is 30.5 Å². The molecule has 11 heteroatoms. The van der Waals surface area contributed by atoms with Gasteiger partial charge in [0.25, 0.3) is 5.91 Å². The van der Waals surface area contributed by atoms with E-state index in [2.05, 4.69) is 42.6 Å². The van der Waals surface area contributed by atoms with Gasteiger partial charge in [0.15, 0.2) is 0 Å². The summed E-state index contributed by atoms with van der Waals surface area (Å²) in [5.41, 5.74) is 2.76. The third-order valence-electron chi connectivity index (χ3n) is 6.57. The Balaban J connectivity index is 1.11. The third kappa shape index (κ3) is 3.57. The number of hydrogen-bond acceptors (Lipinski definition) is 8. The summed E-state index contributed by atoms with van der Waals surface area (Å²) in [6.45, 7) is 3.51. The van der Waals surface area contributed by atoms with Gasteiger partial charge in [-0.25, -0.2) is 14.6 Å². The average molecular weight is 468 g/mol. The number of rotatable bonds is 7. The van der Waals surface area contributed by atoms with Crippen LogP contribution in [0.1, 0.15) is 29.8 Å². The molecule has 0 saturated heterocycles. The first-order valence-electron chi connectivity index (χ1n) is 11.0. The van der Waals surface area contributed by atoms with Crippen LogP contribution in [0.5, 0.6) is 0 Å². The summed E-state index contributed by atoms with van der Waals surface area (Å²) >= 11 is 0. The summed E-state index contributed by atoms with van der Waals surface area (Å²) in [6.07, 6.45) is 10.3. The Morgan fingerprint density at radius 3 is 2.66 bits per heavy atom. The highest BCUT2D eigenvalue weighted by atomic mass is 16.5. The molecule has 0 unspecified atom stereocenters. The third-order valence-corrected chi connectivity index (χ3v) is 6.57. The maximum atomic E-state index is 12.7. The summed E-state index contributed by atoms with van der Waals surface area (Å²) in [6, 6.07) is 8.67. The molecule has 2 amide bonds. The quantitative estimate of drug-likeness (QED) is 0.394. The van der Waals surface area contributed by atoms with Crippen molar-refractivity contribution in [2.45, 2.75) is 30.3 Å². The molecule has 3 aliphatic rings. The first kappa shape index (κ1) is 20.9. The van der Waals surface area contributed by atoms with E-state index in [4.69, 9.17) is 4.52 Å². The van der Waals surface area contributed by atoms with Crippen LogP contribution in [0.3, 0.4) is 0 Å². The molecule has 2 bridgehead atoms. The van der Waals surface area contributed by atoms with Crippen LogP contribution in [0, 0.1) is 0 Å². The minimum Gasteiger partial charge on any atom is -0.364 e. The fourth-order valence-electron chi connectivity index (χ4n) is 4.90. The Hall–Kier alpha value is -4.67. The van der Waals surface area contributed by atoms with E-state index >= 15 is 0 Å². The van der Waals surface area contributed by atoms with E-state index in [-0.39, 0.29) is 28.6 Å². The van der Waals surface area contributed by atoms with Crippen LogP contribution in [-0.4, -0.2) is 47.5 Å². The Morgan fingerprint density at radius 2 is 1.94 bits per heavy atom. The number of carbonyl (C=O) groups excluding carboxylic acids is 2. The number of aromatic nitrogens is 6. The Labute approximate surface area is 199 Å². The Bertz CT molecular complexity index is 1420. The molecule has 4 aromatic rings. The van der Waals surface area contributed by atoms with Gasteiger partial charge in [-0.3, -0.25) is 9.59 Å². The Kier molecular flexibility index (Phi) is 4.59. The number of hydrogen-bond donors (Lipinski definition) is 2. The van der Waals surface area contributed by atoms with Crippen LogP contribution in [0.4, 0.5) is 5.82 Å². The van der Waals surface area contributed by atoms with Crippen LogP contribution in [0.15, 0.2) is 72.4 Å². The predicted molar refractivity (Wildman–Crippen MR) is 124 cm³/mol. The minimum absolute atomic E-state index is 0.0882. The van der Waals surface area contributed by atoms with Crippen molar-refractivity contribution in [3.8, 4) is 22.5 Å². The minimum atomic E-state index is -0.379. The lowest BCUT2D eigenvalue weighted by Gasteiger charge is -2.69. The highest BCUT2D eigenvalue weighted by Gasteiger charge is 2.70. The van der Waals surface area contributed by atoms with Crippen molar-refractivity contribution in [3.05, 3.63) is 73.5 Å². The van der Waals surface area contributed by atoms with Crippen LogP contribution >= 0.6 is 0 Å². The molecule has 7 rings (SSSR count). The molecular weight excluding hydrogens is 448 g/mol. The van der Waals surface area contributed by atoms with Gasteiger partial charge in [0.2, 0.25) is 5.91 Å². The fraction of sp³-hybridized carbons (Fsp3) is 0.208. The summed E-state index contributed by atoms with van der Waals surface area (Å²) in [7, 11) is 0. The van der Waals surface area contributed by atoms with Crippen molar-refractivity contribution in [2.24, 2.45) is 0 Å². The van der Waals surface area contributed by atoms with E-state index in [0.717, 1.165) is 24.8 Å². The number of pyridine rings is 2. The van der Waals surface area contributed by atoms with E-state index < -0.39 is 0 Å². The molecule has 2 N–H and O–H groups in total. The van der Waals surface area contributed by atoms with Crippen LogP contribution < -0.4 is 10.6 Å². The SMILES string of the molecule is C=CC(=O)NC12CC(n3cc(-c4ccc(NC(=O)c5cccc(-c6cnoc6)n5)nc4)nn3)(C1)C2. The van der Waals surface area contributed by atoms with Gasteiger partial charge in [-0.05, 0) is 49.6 Å². The standard InChI is InChI=1S/C24H20N8O3/c1-2-21(33)29-23-12-24(13-23,14-23)32-10-19(30-31-32)15-6-7-20(25-8-15)28-22(34)18-5-3-4-17(27-18)16-9-26-35-11-16/h2-11H,1,12-14H2,(H,29,33)(H,25,28,34). The summed E-state index contributed by atoms with van der Waals surface area (Å²) in [4.78, 5) is 33.0. The molecule has 174 valence electrons. The van der Waals surface area contributed by atoms with Gasteiger partial charge in [0.05, 0.1) is 29.2 Å². The molecular formula is C24H20N8O3. The second-order valence-electron chi connectivity index (χ2n) is 8.98. The van der Waals surface area contributed by atoms with Crippen molar-refractivity contribution in [3.63, 3.8) is 0 Å². The molecule has 0 spiro atoms. The number of amides is 2. The molecule has 4 aromatic heterocycles. The van der Waals surface area contributed by atoms with E-state index in [1.165, 1.54) is 18.5 Å². The molecule has 4 heterocycles. The second-order valence-corrected chi connectivity index (χ2v) is 8.98. The lowest BCUT2D eigenvalue weighted by molar-refractivity contribution is -0.157.